The van der Waals surface area contributed by atoms with Crippen molar-refractivity contribution in [2.45, 2.75) is 32.2 Å². The van der Waals surface area contributed by atoms with E-state index in [0.717, 1.165) is 6.42 Å². The van der Waals surface area contributed by atoms with Crippen LogP contribution in [0.3, 0.4) is 0 Å². The monoisotopic (exact) mass is 295 g/mol. The molecule has 0 aliphatic rings. The highest BCUT2D eigenvalue weighted by molar-refractivity contribution is 5.98. The van der Waals surface area contributed by atoms with Gasteiger partial charge in [-0.15, -0.1) is 0 Å². The van der Waals surface area contributed by atoms with E-state index in [-0.39, 0.29) is 12.3 Å². The van der Waals surface area contributed by atoms with E-state index in [1.165, 1.54) is 14.2 Å². The average Bonchev–Trinajstić information content (AvgIpc) is 2.45. The molecule has 1 amide bonds. The minimum Gasteiger partial charge on any atom is -0.493 e. The molecule has 21 heavy (non-hydrogen) atoms. The SMILES string of the molecule is CCCC(CC(=O)O)NC(=O)c1cccc(OC)c1OC. The van der Waals surface area contributed by atoms with Crippen molar-refractivity contribution in [3.05, 3.63) is 23.8 Å². The van der Waals surface area contributed by atoms with Gasteiger partial charge in [0.15, 0.2) is 11.5 Å². The van der Waals surface area contributed by atoms with Crippen molar-refractivity contribution in [3.63, 3.8) is 0 Å². The fourth-order valence-corrected chi connectivity index (χ4v) is 2.11. The molecule has 0 aromatic heterocycles. The summed E-state index contributed by atoms with van der Waals surface area (Å²) in [6.45, 7) is 1.94. The number of benzene rings is 1. The number of ether oxygens (including phenoxy) is 2. The third kappa shape index (κ3) is 4.66. The highest BCUT2D eigenvalue weighted by Crippen LogP contribution is 2.30. The molecule has 0 saturated heterocycles. The maximum atomic E-state index is 12.3. The van der Waals surface area contributed by atoms with Crippen LogP contribution < -0.4 is 14.8 Å². The van der Waals surface area contributed by atoms with Crippen molar-refractivity contribution in [2.75, 3.05) is 14.2 Å². The minimum absolute atomic E-state index is 0.105. The van der Waals surface area contributed by atoms with E-state index in [4.69, 9.17) is 14.6 Å². The van der Waals surface area contributed by atoms with Gasteiger partial charge in [0.1, 0.15) is 0 Å². The Morgan fingerprint density at radius 1 is 1.29 bits per heavy atom. The maximum absolute atomic E-state index is 12.3. The number of hydrogen-bond acceptors (Lipinski definition) is 4. The third-order valence-electron chi connectivity index (χ3n) is 3.04. The molecular formula is C15H21NO5. The van der Waals surface area contributed by atoms with Crippen LogP contribution in [0.2, 0.25) is 0 Å². The summed E-state index contributed by atoms with van der Waals surface area (Å²) in [4.78, 5) is 23.1. The second-order valence-corrected chi connectivity index (χ2v) is 4.60. The Hall–Kier alpha value is -2.24. The van der Waals surface area contributed by atoms with Gasteiger partial charge in [0.2, 0.25) is 0 Å². The van der Waals surface area contributed by atoms with Crippen LogP contribution in [0.4, 0.5) is 0 Å². The van der Waals surface area contributed by atoms with Gasteiger partial charge >= 0.3 is 5.97 Å². The first kappa shape index (κ1) is 16.8. The Morgan fingerprint density at radius 2 is 2.00 bits per heavy atom. The Balaban J connectivity index is 2.94. The highest BCUT2D eigenvalue weighted by atomic mass is 16.5. The number of carboxylic acids is 1. The third-order valence-corrected chi connectivity index (χ3v) is 3.04. The zero-order valence-electron chi connectivity index (χ0n) is 12.5. The van der Waals surface area contributed by atoms with Crippen LogP contribution in [0.5, 0.6) is 11.5 Å². The molecule has 1 aromatic carbocycles. The van der Waals surface area contributed by atoms with Gasteiger partial charge in [-0.3, -0.25) is 9.59 Å². The Morgan fingerprint density at radius 3 is 2.52 bits per heavy atom. The Labute approximate surface area is 124 Å². The van der Waals surface area contributed by atoms with Crippen LogP contribution in [-0.2, 0) is 4.79 Å². The molecule has 0 aliphatic carbocycles. The molecule has 1 unspecified atom stereocenters. The number of carbonyl (C=O) groups is 2. The number of para-hydroxylation sites is 1. The Kier molecular flexibility index (Phi) is 6.52. The molecule has 1 aromatic rings. The molecular weight excluding hydrogens is 274 g/mol. The van der Waals surface area contributed by atoms with Gasteiger partial charge in [-0.05, 0) is 18.6 Å². The van der Waals surface area contributed by atoms with Crippen molar-refractivity contribution in [2.24, 2.45) is 0 Å². The summed E-state index contributed by atoms with van der Waals surface area (Å²) in [6.07, 6.45) is 1.28. The largest absolute Gasteiger partial charge is 0.493 e. The second-order valence-electron chi connectivity index (χ2n) is 4.60. The quantitative estimate of drug-likeness (QED) is 0.767. The average molecular weight is 295 g/mol. The molecule has 0 heterocycles. The summed E-state index contributed by atoms with van der Waals surface area (Å²) in [5.74, 6) is -0.518. The second kappa shape index (κ2) is 8.14. The fourth-order valence-electron chi connectivity index (χ4n) is 2.11. The lowest BCUT2D eigenvalue weighted by molar-refractivity contribution is -0.137. The van der Waals surface area contributed by atoms with Crippen LogP contribution in [0.25, 0.3) is 0 Å². The molecule has 2 N–H and O–H groups in total. The summed E-state index contributed by atoms with van der Waals surface area (Å²) in [5.41, 5.74) is 0.323. The summed E-state index contributed by atoms with van der Waals surface area (Å²) < 4.78 is 10.4. The van der Waals surface area contributed by atoms with Crippen molar-refractivity contribution in [3.8, 4) is 11.5 Å². The predicted molar refractivity (Wildman–Crippen MR) is 78.0 cm³/mol. The predicted octanol–water partition coefficient (Wildman–Crippen LogP) is 2.08. The first-order chi connectivity index (χ1) is 10.0. The molecule has 1 atom stereocenters. The molecule has 6 nitrogen and oxygen atoms in total. The number of nitrogens with one attached hydrogen (secondary N) is 1. The van der Waals surface area contributed by atoms with E-state index in [0.29, 0.717) is 23.5 Å². The lowest BCUT2D eigenvalue weighted by Crippen LogP contribution is -2.36. The van der Waals surface area contributed by atoms with E-state index >= 15 is 0 Å². The van der Waals surface area contributed by atoms with Crippen LogP contribution in [0.15, 0.2) is 18.2 Å². The molecule has 0 bridgehead atoms. The fraction of sp³-hybridized carbons (Fsp3) is 0.467. The number of rotatable bonds is 8. The highest BCUT2D eigenvalue weighted by Gasteiger charge is 2.20. The van der Waals surface area contributed by atoms with Crippen LogP contribution in [0, 0.1) is 0 Å². The number of aliphatic carboxylic acids is 1. The van der Waals surface area contributed by atoms with Crippen molar-refractivity contribution in [1.29, 1.82) is 0 Å². The molecule has 1 rings (SSSR count). The molecule has 0 saturated carbocycles. The summed E-state index contributed by atoms with van der Waals surface area (Å²) in [7, 11) is 2.94. The van der Waals surface area contributed by atoms with Crippen molar-refractivity contribution < 1.29 is 24.2 Å². The lowest BCUT2D eigenvalue weighted by atomic mass is 10.1. The number of methoxy groups -OCH3 is 2. The topological polar surface area (TPSA) is 84.9 Å². The maximum Gasteiger partial charge on any atom is 0.305 e. The smallest absolute Gasteiger partial charge is 0.305 e. The molecule has 116 valence electrons. The molecule has 0 spiro atoms. The minimum atomic E-state index is -0.939. The van der Waals surface area contributed by atoms with E-state index in [1.54, 1.807) is 18.2 Å². The molecule has 0 fully saturated rings. The molecule has 6 heteroatoms. The number of carbonyl (C=O) groups excluding carboxylic acids is 1. The molecule has 0 radical (unpaired) electrons. The van der Waals surface area contributed by atoms with Gasteiger partial charge in [0, 0.05) is 6.04 Å². The zero-order chi connectivity index (χ0) is 15.8. The van der Waals surface area contributed by atoms with Crippen molar-refractivity contribution in [1.82, 2.24) is 5.32 Å². The van der Waals surface area contributed by atoms with Gasteiger partial charge in [-0.2, -0.15) is 0 Å². The Bertz CT molecular complexity index is 501. The van der Waals surface area contributed by atoms with E-state index in [1.807, 2.05) is 6.92 Å². The van der Waals surface area contributed by atoms with E-state index in [9.17, 15) is 9.59 Å². The first-order valence-corrected chi connectivity index (χ1v) is 6.77. The van der Waals surface area contributed by atoms with Gasteiger partial charge in [0.05, 0.1) is 26.2 Å². The zero-order valence-corrected chi connectivity index (χ0v) is 12.5. The summed E-state index contributed by atoms with van der Waals surface area (Å²) in [6, 6.07) is 4.58. The first-order valence-electron chi connectivity index (χ1n) is 6.77. The van der Waals surface area contributed by atoms with E-state index in [2.05, 4.69) is 5.32 Å². The standard InChI is InChI=1S/C15H21NO5/c1-4-6-10(9-13(17)18)16-15(19)11-7-5-8-12(20-2)14(11)21-3/h5,7-8,10H,4,6,9H2,1-3H3,(H,16,19)(H,17,18). The summed E-state index contributed by atoms with van der Waals surface area (Å²) in [5, 5.41) is 11.6. The molecule has 0 aliphatic heterocycles. The number of carboxylic acid groups (broad SMARTS) is 1. The van der Waals surface area contributed by atoms with Gasteiger partial charge in [-0.25, -0.2) is 0 Å². The number of amides is 1. The van der Waals surface area contributed by atoms with Crippen LogP contribution >= 0.6 is 0 Å². The summed E-state index contributed by atoms with van der Waals surface area (Å²) >= 11 is 0. The van der Waals surface area contributed by atoms with E-state index < -0.39 is 12.0 Å². The van der Waals surface area contributed by atoms with Crippen LogP contribution in [0.1, 0.15) is 36.5 Å². The van der Waals surface area contributed by atoms with Gasteiger partial charge in [-0.1, -0.05) is 19.4 Å². The van der Waals surface area contributed by atoms with Gasteiger partial charge < -0.3 is 19.9 Å². The van der Waals surface area contributed by atoms with Gasteiger partial charge in [0.25, 0.3) is 5.91 Å². The normalized spacial score (nSPS) is 11.6. The number of hydrogen-bond donors (Lipinski definition) is 2. The lowest BCUT2D eigenvalue weighted by Gasteiger charge is -2.18. The van der Waals surface area contributed by atoms with Crippen LogP contribution in [-0.4, -0.2) is 37.2 Å². The van der Waals surface area contributed by atoms with Crippen molar-refractivity contribution >= 4 is 11.9 Å².